The summed E-state index contributed by atoms with van der Waals surface area (Å²) in [6.07, 6.45) is 0. The van der Waals surface area contributed by atoms with Gasteiger partial charge in [0.25, 0.3) is 0 Å². The second kappa shape index (κ2) is 2.11. The summed E-state index contributed by atoms with van der Waals surface area (Å²) in [5, 5.41) is 0. The van der Waals surface area contributed by atoms with Crippen LogP contribution in [-0.4, -0.2) is 24.3 Å². The Labute approximate surface area is 54.7 Å². The van der Waals surface area contributed by atoms with Crippen molar-refractivity contribution in [2.24, 2.45) is 0 Å². The Bertz CT molecular complexity index is 176. The first-order chi connectivity index (χ1) is 3.63. The van der Waals surface area contributed by atoms with E-state index in [2.05, 4.69) is 4.72 Å². The second-order valence-electron chi connectivity index (χ2n) is 1.55. The molecule has 0 aromatic carbocycles. The molecule has 8 heavy (non-hydrogen) atoms. The van der Waals surface area contributed by atoms with Crippen LogP contribution in [0.15, 0.2) is 0 Å². The summed E-state index contributed by atoms with van der Waals surface area (Å²) in [6.45, 7) is 0.684. The van der Waals surface area contributed by atoms with E-state index >= 15 is 0 Å². The van der Waals surface area contributed by atoms with Gasteiger partial charge in [0.15, 0.2) is 0 Å². The Kier molecular flexibility index (Phi) is 1.78. The van der Waals surface area contributed by atoms with Crippen molar-refractivity contribution in [2.45, 2.75) is 0 Å². The van der Waals surface area contributed by atoms with E-state index < -0.39 is 25.6 Å². The van der Waals surface area contributed by atoms with Crippen molar-refractivity contribution in [2.75, 3.05) is 15.9 Å². The second-order valence-corrected chi connectivity index (χ2v) is 13.8. The Morgan fingerprint density at radius 3 is 2.38 bits per heavy atom. The molecule has 3 nitrogen and oxygen atoms in total. The van der Waals surface area contributed by atoms with Gasteiger partial charge in [0.1, 0.15) is 0 Å². The van der Waals surface area contributed by atoms with E-state index in [1.807, 2.05) is 4.93 Å². The van der Waals surface area contributed by atoms with Crippen LogP contribution in [0.4, 0.5) is 0 Å². The Balaban J connectivity index is 2.85. The van der Waals surface area contributed by atoms with Crippen LogP contribution in [0.3, 0.4) is 0 Å². The quantitative estimate of drug-likeness (QED) is 0.372. The summed E-state index contributed by atoms with van der Waals surface area (Å²) in [7, 11) is -2.72. The van der Waals surface area contributed by atoms with Gasteiger partial charge in [0, 0.05) is 0 Å². The normalized spacial score (nSPS) is 30.9. The fraction of sp³-hybridized carbons (Fsp3) is 1.00. The van der Waals surface area contributed by atoms with Gasteiger partial charge < -0.3 is 0 Å². The summed E-state index contributed by atoms with van der Waals surface area (Å²) >= 11 is -1.55. The number of rotatable bonds is 0. The molecular formula is C3H8INO2S. The summed E-state index contributed by atoms with van der Waals surface area (Å²) < 4.78 is 24.8. The molecule has 1 aliphatic heterocycles. The molecule has 0 aromatic rings. The van der Waals surface area contributed by atoms with Crippen molar-refractivity contribution in [1.29, 1.82) is 0 Å². The third kappa shape index (κ3) is 1.14. The van der Waals surface area contributed by atoms with Crippen molar-refractivity contribution in [1.82, 2.24) is 4.72 Å². The van der Waals surface area contributed by atoms with Gasteiger partial charge in [-0.1, -0.05) is 0 Å². The van der Waals surface area contributed by atoms with Gasteiger partial charge in [-0.15, -0.1) is 0 Å². The van der Waals surface area contributed by atoms with Crippen molar-refractivity contribution >= 4 is 25.6 Å². The number of hydrogen-bond donors (Lipinski definition) is 1. The van der Waals surface area contributed by atoms with Crippen LogP contribution in [0.25, 0.3) is 0 Å². The summed E-state index contributed by atoms with van der Waals surface area (Å²) in [6, 6.07) is 0. The molecule has 1 saturated heterocycles. The molecule has 1 fully saturated rings. The first kappa shape index (κ1) is 6.76. The van der Waals surface area contributed by atoms with E-state index in [1.54, 1.807) is 0 Å². The molecule has 0 spiro atoms. The zero-order valence-corrected chi connectivity index (χ0v) is 7.49. The Morgan fingerprint density at radius 2 is 2.25 bits per heavy atom. The van der Waals surface area contributed by atoms with Gasteiger partial charge >= 0.3 is 54.7 Å². The predicted octanol–water partition coefficient (Wildman–Crippen LogP) is -0.0294. The average Bonchev–Trinajstić information content (AvgIpc) is 1.86. The van der Waals surface area contributed by atoms with Crippen molar-refractivity contribution < 1.29 is 8.42 Å². The summed E-state index contributed by atoms with van der Waals surface area (Å²) in [5.74, 6) is 0. The zero-order valence-electron chi connectivity index (χ0n) is 4.52. The van der Waals surface area contributed by atoms with Crippen molar-refractivity contribution in [3.63, 3.8) is 0 Å². The molecule has 1 rings (SSSR count). The molecular weight excluding hydrogens is 241 g/mol. The number of alkyl halides is 2. The number of halogens is 1. The van der Waals surface area contributed by atoms with Crippen molar-refractivity contribution in [3.05, 3.63) is 0 Å². The van der Waals surface area contributed by atoms with Crippen LogP contribution in [0.2, 0.25) is 0 Å². The Hall–Kier alpha value is 0.640. The molecule has 50 valence electrons. The molecule has 0 radical (unpaired) electrons. The maximum atomic E-state index is 10.7. The fourth-order valence-electron chi connectivity index (χ4n) is 0.488. The third-order valence-electron chi connectivity index (χ3n) is 0.982. The average molecular weight is 249 g/mol. The topological polar surface area (TPSA) is 46.2 Å². The summed E-state index contributed by atoms with van der Waals surface area (Å²) in [4.78, 5) is 1.87. The molecule has 5 heteroatoms. The molecule has 0 aliphatic carbocycles. The van der Waals surface area contributed by atoms with Gasteiger partial charge in [-0.05, 0) is 0 Å². The molecule has 0 unspecified atom stereocenters. The molecule has 0 amide bonds. The SMILES string of the molecule is CI1CCNS1(=O)=O. The van der Waals surface area contributed by atoms with Crippen LogP contribution in [0, 0.1) is 0 Å². The first-order valence-electron chi connectivity index (χ1n) is 2.19. The fourth-order valence-corrected chi connectivity index (χ4v) is 7.13. The monoisotopic (exact) mass is 249 g/mol. The molecule has 0 aromatic heterocycles. The van der Waals surface area contributed by atoms with Crippen LogP contribution >= 0.6 is 18.4 Å². The molecule has 0 saturated carbocycles. The number of hydrogen-bond acceptors (Lipinski definition) is 2. The number of nitrogens with one attached hydrogen (secondary N) is 1. The predicted molar refractivity (Wildman–Crippen MR) is 41.7 cm³/mol. The van der Waals surface area contributed by atoms with E-state index in [0.717, 1.165) is 4.43 Å². The van der Waals surface area contributed by atoms with Gasteiger partial charge in [-0.2, -0.15) is 0 Å². The summed E-state index contributed by atoms with van der Waals surface area (Å²) in [5.41, 5.74) is 0. The molecule has 1 N–H and O–H groups in total. The van der Waals surface area contributed by atoms with E-state index in [1.165, 1.54) is 0 Å². The van der Waals surface area contributed by atoms with Gasteiger partial charge in [0.05, 0.1) is 0 Å². The van der Waals surface area contributed by atoms with Gasteiger partial charge in [-0.25, -0.2) is 0 Å². The van der Waals surface area contributed by atoms with Gasteiger partial charge in [0.2, 0.25) is 0 Å². The van der Waals surface area contributed by atoms with E-state index in [0.29, 0.717) is 6.54 Å². The molecule has 0 bridgehead atoms. The van der Waals surface area contributed by atoms with Crippen LogP contribution < -0.4 is 4.72 Å². The maximum absolute atomic E-state index is 10.7. The molecule has 1 heterocycles. The molecule has 1 aliphatic rings. The van der Waals surface area contributed by atoms with Crippen LogP contribution in [0.1, 0.15) is 0 Å². The van der Waals surface area contributed by atoms with Crippen LogP contribution in [-0.2, 0) is 7.19 Å². The van der Waals surface area contributed by atoms with E-state index in [-0.39, 0.29) is 0 Å². The zero-order chi connectivity index (χ0) is 6.20. The van der Waals surface area contributed by atoms with Gasteiger partial charge in [-0.3, -0.25) is 0 Å². The Morgan fingerprint density at radius 1 is 1.62 bits per heavy atom. The van der Waals surface area contributed by atoms with Crippen LogP contribution in [0.5, 0.6) is 0 Å². The van der Waals surface area contributed by atoms with E-state index in [9.17, 15) is 8.42 Å². The third-order valence-corrected chi connectivity index (χ3v) is 12.2. The molecule has 0 atom stereocenters. The minimum atomic E-state index is -2.72. The van der Waals surface area contributed by atoms with E-state index in [4.69, 9.17) is 0 Å². The van der Waals surface area contributed by atoms with Crippen molar-refractivity contribution in [3.8, 4) is 0 Å². The first-order valence-corrected chi connectivity index (χ1v) is 9.90. The minimum absolute atomic E-state index is 0.684. The standard InChI is InChI=1S/C3H8INO2S/c1-4-2-3-5-8(4,6)7/h5H,2-3H2,1H3.